The third-order valence-corrected chi connectivity index (χ3v) is 3.49. The van der Waals surface area contributed by atoms with Crippen molar-refractivity contribution in [2.24, 2.45) is 0 Å². The van der Waals surface area contributed by atoms with Gasteiger partial charge in [0, 0.05) is 0 Å². The highest BCUT2D eigenvalue weighted by Gasteiger charge is 2.39. The van der Waals surface area contributed by atoms with Crippen molar-refractivity contribution in [1.29, 1.82) is 0 Å². The molecule has 1 aliphatic heterocycles. The molecule has 1 unspecified atom stereocenters. The van der Waals surface area contributed by atoms with Crippen molar-refractivity contribution in [3.63, 3.8) is 0 Å². The molecule has 4 atom stereocenters. The molecule has 0 saturated carbocycles. The van der Waals surface area contributed by atoms with Gasteiger partial charge in [0.1, 0.15) is 30.7 Å². The second-order valence-electron chi connectivity index (χ2n) is 5.04. The van der Waals surface area contributed by atoms with Crippen LogP contribution in [-0.2, 0) is 11.3 Å². The Morgan fingerprint density at radius 2 is 1.95 bits per heavy atom. The summed E-state index contributed by atoms with van der Waals surface area (Å²) in [7, 11) is 0. The Labute approximate surface area is 126 Å². The van der Waals surface area contributed by atoms with Crippen molar-refractivity contribution in [3.05, 3.63) is 42.2 Å². The zero-order chi connectivity index (χ0) is 15.5. The minimum Gasteiger partial charge on any atom is -0.487 e. The van der Waals surface area contributed by atoms with Gasteiger partial charge in [-0.3, -0.25) is 0 Å². The Hall–Kier alpha value is -2.00. The number of rotatable bonds is 4. The van der Waals surface area contributed by atoms with Gasteiger partial charge in [-0.2, -0.15) is 0 Å². The van der Waals surface area contributed by atoms with E-state index >= 15 is 0 Å². The predicted molar refractivity (Wildman–Crippen MR) is 73.8 cm³/mol. The minimum atomic E-state index is -1.30. The number of aliphatic hydroxyl groups is 3. The molecular weight excluding hydrogens is 290 g/mol. The molecule has 0 radical (unpaired) electrons. The van der Waals surface area contributed by atoms with E-state index in [9.17, 15) is 15.3 Å². The van der Waals surface area contributed by atoms with E-state index in [1.807, 2.05) is 30.3 Å². The lowest BCUT2D eigenvalue weighted by Gasteiger charge is -2.35. The molecule has 3 N–H and O–H groups in total. The normalized spacial score (nSPS) is 28.5. The summed E-state index contributed by atoms with van der Waals surface area (Å²) >= 11 is 0. The summed E-state index contributed by atoms with van der Waals surface area (Å²) in [5.74, 6) is 0.691. The Morgan fingerprint density at radius 3 is 2.73 bits per heavy atom. The summed E-state index contributed by atoms with van der Waals surface area (Å²) in [5, 5.41) is 36.9. The van der Waals surface area contributed by atoms with Gasteiger partial charge >= 0.3 is 0 Å². The molecule has 22 heavy (non-hydrogen) atoms. The molecule has 8 heteroatoms. The number of benzene rings is 1. The van der Waals surface area contributed by atoms with Crippen molar-refractivity contribution >= 4 is 0 Å². The first-order valence-corrected chi connectivity index (χ1v) is 6.89. The van der Waals surface area contributed by atoms with Crippen molar-refractivity contribution in [2.75, 3.05) is 6.61 Å². The Bertz CT molecular complexity index is 606. The van der Waals surface area contributed by atoms with E-state index in [0.29, 0.717) is 11.4 Å². The van der Waals surface area contributed by atoms with Crippen LogP contribution in [0.15, 0.2) is 36.5 Å². The van der Waals surface area contributed by atoms with Crippen molar-refractivity contribution in [1.82, 2.24) is 15.0 Å². The topological polar surface area (TPSA) is 110 Å². The van der Waals surface area contributed by atoms with E-state index in [1.165, 1.54) is 10.9 Å². The average molecular weight is 307 g/mol. The van der Waals surface area contributed by atoms with Crippen molar-refractivity contribution < 1.29 is 24.8 Å². The fourth-order valence-electron chi connectivity index (χ4n) is 2.26. The average Bonchev–Trinajstić information content (AvgIpc) is 3.00. The van der Waals surface area contributed by atoms with Crippen molar-refractivity contribution in [3.8, 4) is 5.75 Å². The van der Waals surface area contributed by atoms with Crippen LogP contribution in [0.4, 0.5) is 0 Å². The van der Waals surface area contributed by atoms with Gasteiger partial charge in [0.05, 0.1) is 18.5 Å². The fourth-order valence-corrected chi connectivity index (χ4v) is 2.26. The van der Waals surface area contributed by atoms with E-state index in [4.69, 9.17) is 9.47 Å². The van der Waals surface area contributed by atoms with Gasteiger partial charge in [-0.25, -0.2) is 4.68 Å². The first-order chi connectivity index (χ1) is 10.7. The lowest BCUT2D eigenvalue weighted by molar-refractivity contribution is -0.215. The fraction of sp³-hybridized carbons (Fsp3) is 0.429. The SMILES string of the molecule is O[C@H]1[C@H](O)COC(n2nncc2COc2ccccc2)[C@@H]1O. The highest BCUT2D eigenvalue weighted by Crippen LogP contribution is 2.25. The van der Waals surface area contributed by atoms with Crippen LogP contribution in [0.2, 0.25) is 0 Å². The van der Waals surface area contributed by atoms with Crippen LogP contribution in [0, 0.1) is 0 Å². The summed E-state index contributed by atoms with van der Waals surface area (Å²) in [6.07, 6.45) is -3.16. The summed E-state index contributed by atoms with van der Waals surface area (Å²) in [6, 6.07) is 9.24. The van der Waals surface area contributed by atoms with Gasteiger partial charge in [-0.15, -0.1) is 5.10 Å². The third kappa shape index (κ3) is 2.95. The number of aliphatic hydroxyl groups excluding tert-OH is 3. The number of ether oxygens (including phenoxy) is 2. The van der Waals surface area contributed by atoms with Crippen LogP contribution in [0.3, 0.4) is 0 Å². The number of nitrogens with zero attached hydrogens (tertiary/aromatic N) is 3. The molecule has 1 saturated heterocycles. The molecule has 1 fully saturated rings. The van der Waals surface area contributed by atoms with Gasteiger partial charge in [-0.05, 0) is 12.1 Å². The Balaban J connectivity index is 1.72. The highest BCUT2D eigenvalue weighted by atomic mass is 16.5. The molecule has 0 amide bonds. The predicted octanol–water partition coefficient (Wildman–Crippen LogP) is -0.531. The Kier molecular flexibility index (Phi) is 4.34. The van der Waals surface area contributed by atoms with Crippen LogP contribution in [-0.4, -0.2) is 55.2 Å². The summed E-state index contributed by atoms with van der Waals surface area (Å²) in [5.41, 5.74) is 0.580. The summed E-state index contributed by atoms with van der Waals surface area (Å²) in [4.78, 5) is 0. The standard InChI is InChI=1S/C14H17N3O5/c18-11-8-22-14(13(20)12(11)19)17-9(6-15-16-17)7-21-10-4-2-1-3-5-10/h1-6,11-14,18-20H,7-8H2/t11-,12+,13-,14?/m1/s1. The molecule has 2 aromatic rings. The molecule has 1 aliphatic rings. The monoisotopic (exact) mass is 307 g/mol. The van der Waals surface area contributed by atoms with Gasteiger partial charge in [-0.1, -0.05) is 23.4 Å². The number of para-hydroxylation sites is 1. The van der Waals surface area contributed by atoms with Crippen LogP contribution >= 0.6 is 0 Å². The van der Waals surface area contributed by atoms with E-state index in [-0.39, 0.29) is 13.2 Å². The zero-order valence-electron chi connectivity index (χ0n) is 11.7. The highest BCUT2D eigenvalue weighted by molar-refractivity contribution is 5.21. The third-order valence-electron chi connectivity index (χ3n) is 3.49. The molecule has 1 aromatic heterocycles. The van der Waals surface area contributed by atoms with E-state index in [0.717, 1.165) is 0 Å². The zero-order valence-corrected chi connectivity index (χ0v) is 11.7. The first-order valence-electron chi connectivity index (χ1n) is 6.89. The maximum Gasteiger partial charge on any atom is 0.180 e. The second-order valence-corrected chi connectivity index (χ2v) is 5.04. The number of aromatic nitrogens is 3. The van der Waals surface area contributed by atoms with Gasteiger partial charge < -0.3 is 24.8 Å². The maximum atomic E-state index is 10.0. The molecule has 0 aliphatic carbocycles. The molecule has 0 bridgehead atoms. The smallest absolute Gasteiger partial charge is 0.180 e. The number of hydrogen-bond acceptors (Lipinski definition) is 7. The molecule has 118 valence electrons. The quantitative estimate of drug-likeness (QED) is 0.696. The largest absolute Gasteiger partial charge is 0.487 e. The molecule has 2 heterocycles. The number of hydrogen-bond donors (Lipinski definition) is 3. The lowest BCUT2D eigenvalue weighted by Crippen LogP contribution is -2.51. The first kappa shape index (κ1) is 14.9. The van der Waals surface area contributed by atoms with Crippen LogP contribution in [0.5, 0.6) is 5.75 Å². The summed E-state index contributed by atoms with van der Waals surface area (Å²) < 4.78 is 12.3. The van der Waals surface area contributed by atoms with E-state index < -0.39 is 24.5 Å². The van der Waals surface area contributed by atoms with Gasteiger partial charge in [0.25, 0.3) is 0 Å². The van der Waals surface area contributed by atoms with E-state index in [2.05, 4.69) is 10.3 Å². The van der Waals surface area contributed by atoms with Crippen molar-refractivity contribution in [2.45, 2.75) is 31.1 Å². The summed E-state index contributed by atoms with van der Waals surface area (Å²) in [6.45, 7) is 0.0873. The molecule has 1 aromatic carbocycles. The van der Waals surface area contributed by atoms with Crippen LogP contribution < -0.4 is 4.74 Å². The van der Waals surface area contributed by atoms with Crippen LogP contribution in [0.1, 0.15) is 11.9 Å². The van der Waals surface area contributed by atoms with Gasteiger partial charge in [0.2, 0.25) is 0 Å². The molecule has 3 rings (SSSR count). The van der Waals surface area contributed by atoms with Gasteiger partial charge in [0.15, 0.2) is 6.23 Å². The molecule has 0 spiro atoms. The second kappa shape index (κ2) is 6.41. The molecule has 8 nitrogen and oxygen atoms in total. The minimum absolute atomic E-state index is 0.0955. The Morgan fingerprint density at radius 1 is 1.18 bits per heavy atom. The molecular formula is C14H17N3O5. The van der Waals surface area contributed by atoms with E-state index in [1.54, 1.807) is 0 Å². The maximum absolute atomic E-state index is 10.0. The lowest BCUT2D eigenvalue weighted by atomic mass is 10.0. The van der Waals surface area contributed by atoms with Crippen LogP contribution in [0.25, 0.3) is 0 Å².